The predicted octanol–water partition coefficient (Wildman–Crippen LogP) is 1.92. The van der Waals surface area contributed by atoms with E-state index in [1.807, 2.05) is 16.6 Å². The van der Waals surface area contributed by atoms with Gasteiger partial charge < -0.3 is 4.90 Å². The normalized spacial score (nSPS) is 20.9. The highest BCUT2D eigenvalue weighted by Crippen LogP contribution is 2.19. The van der Waals surface area contributed by atoms with Gasteiger partial charge in [0.2, 0.25) is 0 Å². The maximum absolute atomic E-state index is 4.62. The molecule has 0 N–H and O–H groups in total. The van der Waals surface area contributed by atoms with Gasteiger partial charge in [-0.3, -0.25) is 0 Å². The zero-order valence-electron chi connectivity index (χ0n) is 11.1. The smallest absolute Gasteiger partial charge is 0.155 e. The van der Waals surface area contributed by atoms with Crippen molar-refractivity contribution in [1.82, 2.24) is 19.5 Å². The van der Waals surface area contributed by atoms with Crippen molar-refractivity contribution >= 4 is 5.65 Å². The van der Waals surface area contributed by atoms with E-state index in [-0.39, 0.29) is 0 Å². The van der Waals surface area contributed by atoms with Crippen molar-refractivity contribution in [2.45, 2.75) is 26.7 Å². The summed E-state index contributed by atoms with van der Waals surface area (Å²) in [5.74, 6) is 1.72. The lowest BCUT2D eigenvalue weighted by Crippen LogP contribution is -2.20. The Hall–Kier alpha value is -1.42. The highest BCUT2D eigenvalue weighted by molar-refractivity contribution is 5.38. The van der Waals surface area contributed by atoms with Crippen LogP contribution in [-0.2, 0) is 6.42 Å². The second kappa shape index (κ2) is 4.69. The van der Waals surface area contributed by atoms with Crippen LogP contribution in [0.4, 0.5) is 0 Å². The fourth-order valence-corrected chi connectivity index (χ4v) is 2.79. The molecule has 18 heavy (non-hydrogen) atoms. The van der Waals surface area contributed by atoms with Gasteiger partial charge in [-0.1, -0.05) is 13.0 Å². The van der Waals surface area contributed by atoms with Crippen LogP contribution < -0.4 is 0 Å². The van der Waals surface area contributed by atoms with Crippen molar-refractivity contribution in [3.05, 3.63) is 29.7 Å². The first kappa shape index (κ1) is 11.7. The van der Waals surface area contributed by atoms with Gasteiger partial charge in [-0.15, -0.1) is 0 Å². The van der Waals surface area contributed by atoms with Gasteiger partial charge in [0.1, 0.15) is 0 Å². The molecule has 0 amide bonds. The van der Waals surface area contributed by atoms with Crippen LogP contribution in [-0.4, -0.2) is 39.1 Å². The Balaban J connectivity index is 1.77. The molecule has 4 heteroatoms. The molecule has 1 aliphatic rings. The van der Waals surface area contributed by atoms with E-state index in [2.05, 4.69) is 34.9 Å². The molecule has 3 heterocycles. The Morgan fingerprint density at radius 3 is 3.00 bits per heavy atom. The minimum Gasteiger partial charge on any atom is -0.303 e. The van der Waals surface area contributed by atoms with Gasteiger partial charge in [0.25, 0.3) is 0 Å². The van der Waals surface area contributed by atoms with Gasteiger partial charge in [0, 0.05) is 18.7 Å². The minimum atomic E-state index is 0.725. The fourth-order valence-electron chi connectivity index (χ4n) is 2.79. The van der Waals surface area contributed by atoms with E-state index in [4.69, 9.17) is 0 Å². The van der Waals surface area contributed by atoms with Gasteiger partial charge in [0.15, 0.2) is 11.5 Å². The quantitative estimate of drug-likeness (QED) is 0.827. The number of rotatable bonds is 3. The van der Waals surface area contributed by atoms with Crippen LogP contribution in [0.5, 0.6) is 0 Å². The summed E-state index contributed by atoms with van der Waals surface area (Å²) in [7, 11) is 0. The number of likely N-dealkylation sites (tertiary alicyclic amines) is 1. The molecular formula is C14H20N4. The SMILES string of the molecule is CCN1CCC(Cc2nc3cccc(C)n3n2)C1. The predicted molar refractivity (Wildman–Crippen MR) is 71.6 cm³/mol. The molecule has 2 aromatic heterocycles. The number of hydrogen-bond acceptors (Lipinski definition) is 3. The van der Waals surface area contributed by atoms with Gasteiger partial charge in [0.05, 0.1) is 0 Å². The number of aryl methyl sites for hydroxylation is 1. The molecule has 1 fully saturated rings. The fraction of sp³-hybridized carbons (Fsp3) is 0.571. The molecule has 0 radical (unpaired) electrons. The summed E-state index contributed by atoms with van der Waals surface area (Å²) in [6.07, 6.45) is 2.29. The zero-order valence-corrected chi connectivity index (χ0v) is 11.1. The average Bonchev–Trinajstić information content (AvgIpc) is 2.96. The lowest BCUT2D eigenvalue weighted by atomic mass is 10.1. The van der Waals surface area contributed by atoms with E-state index in [9.17, 15) is 0 Å². The van der Waals surface area contributed by atoms with Crippen LogP contribution >= 0.6 is 0 Å². The van der Waals surface area contributed by atoms with E-state index in [0.717, 1.165) is 36.0 Å². The van der Waals surface area contributed by atoms with Crippen LogP contribution in [0.15, 0.2) is 18.2 Å². The van der Waals surface area contributed by atoms with Crippen molar-refractivity contribution < 1.29 is 0 Å². The standard InChI is InChI=1S/C14H20N4/c1-3-17-8-7-12(10-17)9-13-15-14-6-4-5-11(2)18(14)16-13/h4-6,12H,3,7-10H2,1-2H3. The third kappa shape index (κ3) is 2.12. The van der Waals surface area contributed by atoms with E-state index >= 15 is 0 Å². The summed E-state index contributed by atoms with van der Waals surface area (Å²) < 4.78 is 1.95. The maximum atomic E-state index is 4.62. The molecule has 1 aliphatic heterocycles. The van der Waals surface area contributed by atoms with Crippen molar-refractivity contribution in [2.24, 2.45) is 5.92 Å². The molecule has 96 valence electrons. The third-order valence-corrected chi connectivity index (χ3v) is 3.88. The molecule has 0 spiro atoms. The molecule has 0 saturated carbocycles. The lowest BCUT2D eigenvalue weighted by molar-refractivity contribution is 0.341. The molecule has 1 unspecified atom stereocenters. The second-order valence-corrected chi connectivity index (χ2v) is 5.22. The largest absolute Gasteiger partial charge is 0.303 e. The number of fused-ring (bicyclic) bond motifs is 1. The highest BCUT2D eigenvalue weighted by atomic mass is 15.3. The monoisotopic (exact) mass is 244 g/mol. The third-order valence-electron chi connectivity index (χ3n) is 3.88. The van der Waals surface area contributed by atoms with Gasteiger partial charge in [-0.05, 0) is 44.5 Å². The number of nitrogens with zero attached hydrogens (tertiary/aromatic N) is 4. The Bertz CT molecular complexity index is 546. The van der Waals surface area contributed by atoms with E-state index in [0.29, 0.717) is 0 Å². The summed E-state index contributed by atoms with van der Waals surface area (Å²) >= 11 is 0. The Labute approximate surface area is 108 Å². The summed E-state index contributed by atoms with van der Waals surface area (Å²) in [6, 6.07) is 6.13. The minimum absolute atomic E-state index is 0.725. The summed E-state index contributed by atoms with van der Waals surface area (Å²) in [5, 5.41) is 4.61. The number of pyridine rings is 1. The summed E-state index contributed by atoms with van der Waals surface area (Å²) in [5.41, 5.74) is 2.11. The van der Waals surface area contributed by atoms with Gasteiger partial charge in [-0.25, -0.2) is 9.50 Å². The molecule has 4 nitrogen and oxygen atoms in total. The Kier molecular flexibility index (Phi) is 3.04. The van der Waals surface area contributed by atoms with Crippen molar-refractivity contribution in [3.63, 3.8) is 0 Å². The first-order valence-corrected chi connectivity index (χ1v) is 6.80. The Morgan fingerprint density at radius 1 is 1.39 bits per heavy atom. The van der Waals surface area contributed by atoms with Crippen molar-refractivity contribution in [2.75, 3.05) is 19.6 Å². The van der Waals surface area contributed by atoms with Crippen LogP contribution in [0.3, 0.4) is 0 Å². The van der Waals surface area contributed by atoms with Crippen LogP contribution in [0.2, 0.25) is 0 Å². The first-order chi connectivity index (χ1) is 8.76. The van der Waals surface area contributed by atoms with Gasteiger partial charge in [-0.2, -0.15) is 5.10 Å². The molecule has 3 rings (SSSR count). The zero-order chi connectivity index (χ0) is 12.5. The molecule has 0 aromatic carbocycles. The second-order valence-electron chi connectivity index (χ2n) is 5.22. The van der Waals surface area contributed by atoms with E-state index in [1.54, 1.807) is 0 Å². The Morgan fingerprint density at radius 2 is 2.28 bits per heavy atom. The van der Waals surface area contributed by atoms with Crippen LogP contribution in [0.25, 0.3) is 5.65 Å². The van der Waals surface area contributed by atoms with E-state index in [1.165, 1.54) is 19.5 Å². The molecule has 0 bridgehead atoms. The first-order valence-electron chi connectivity index (χ1n) is 6.80. The topological polar surface area (TPSA) is 33.4 Å². The molecular weight excluding hydrogens is 224 g/mol. The lowest BCUT2D eigenvalue weighted by Gasteiger charge is -2.11. The summed E-state index contributed by atoms with van der Waals surface area (Å²) in [4.78, 5) is 7.13. The van der Waals surface area contributed by atoms with Crippen LogP contribution in [0.1, 0.15) is 24.9 Å². The number of hydrogen-bond donors (Lipinski definition) is 0. The molecule has 0 aliphatic carbocycles. The van der Waals surface area contributed by atoms with Crippen LogP contribution in [0, 0.1) is 12.8 Å². The van der Waals surface area contributed by atoms with Crippen molar-refractivity contribution in [1.29, 1.82) is 0 Å². The molecule has 1 saturated heterocycles. The van der Waals surface area contributed by atoms with Gasteiger partial charge >= 0.3 is 0 Å². The average molecular weight is 244 g/mol. The molecule has 1 atom stereocenters. The maximum Gasteiger partial charge on any atom is 0.155 e. The highest BCUT2D eigenvalue weighted by Gasteiger charge is 2.22. The molecule has 2 aromatic rings. The van der Waals surface area contributed by atoms with Crippen molar-refractivity contribution in [3.8, 4) is 0 Å². The summed E-state index contributed by atoms with van der Waals surface area (Å²) in [6.45, 7) is 7.89. The van der Waals surface area contributed by atoms with E-state index < -0.39 is 0 Å². The number of aromatic nitrogens is 3.